The van der Waals surface area contributed by atoms with E-state index in [-0.39, 0.29) is 22.6 Å². The summed E-state index contributed by atoms with van der Waals surface area (Å²) in [5, 5.41) is 14.3. The molecule has 7 nitrogen and oxygen atoms in total. The highest BCUT2D eigenvalue weighted by atomic mass is 16.6. The van der Waals surface area contributed by atoms with E-state index in [2.05, 4.69) is 15.2 Å². The monoisotopic (exact) mass is 450 g/mol. The summed E-state index contributed by atoms with van der Waals surface area (Å²) >= 11 is 0. The number of carbonyl (C=O) groups is 1. The van der Waals surface area contributed by atoms with E-state index in [4.69, 9.17) is 0 Å². The average Bonchev–Trinajstić information content (AvgIpc) is 2.85. The first-order valence-electron chi connectivity index (χ1n) is 12.3. The van der Waals surface area contributed by atoms with Crippen LogP contribution in [0.4, 0.5) is 11.4 Å². The van der Waals surface area contributed by atoms with Gasteiger partial charge in [-0.25, -0.2) is 0 Å². The number of aryl methyl sites for hydroxylation is 1. The van der Waals surface area contributed by atoms with E-state index in [0.717, 1.165) is 50.0 Å². The van der Waals surface area contributed by atoms with Gasteiger partial charge in [0.15, 0.2) is 0 Å². The summed E-state index contributed by atoms with van der Waals surface area (Å²) in [5.41, 5.74) is 2.30. The van der Waals surface area contributed by atoms with Gasteiger partial charge in [-0.2, -0.15) is 0 Å². The first-order chi connectivity index (χ1) is 16.1. The SMILES string of the molecule is O=C(CCc1cccnc1)N[C@@H]1CCCC[C@H]1CC1CCCN(c2ccc([N+](=O)[O-])cc2)C1. The van der Waals surface area contributed by atoms with Crippen LogP contribution in [0.15, 0.2) is 48.8 Å². The van der Waals surface area contributed by atoms with E-state index < -0.39 is 0 Å². The Labute approximate surface area is 195 Å². The molecule has 7 heteroatoms. The lowest BCUT2D eigenvalue weighted by atomic mass is 9.77. The Bertz CT molecular complexity index is 919. The summed E-state index contributed by atoms with van der Waals surface area (Å²) in [7, 11) is 0. The fraction of sp³-hybridized carbons (Fsp3) is 0.538. The van der Waals surface area contributed by atoms with Crippen LogP contribution in [0.25, 0.3) is 0 Å². The molecule has 0 bridgehead atoms. The highest BCUT2D eigenvalue weighted by Gasteiger charge is 2.30. The van der Waals surface area contributed by atoms with Crippen molar-refractivity contribution in [3.05, 3.63) is 64.5 Å². The van der Waals surface area contributed by atoms with Crippen LogP contribution in [0, 0.1) is 22.0 Å². The second-order valence-corrected chi connectivity index (χ2v) is 9.54. The Kier molecular flexibility index (Phi) is 7.92. The molecule has 1 N–H and O–H groups in total. The van der Waals surface area contributed by atoms with E-state index in [1.54, 1.807) is 18.3 Å². The molecule has 1 aliphatic carbocycles. The number of non-ortho nitro benzene ring substituents is 1. The molecule has 1 aromatic heterocycles. The number of nitro benzene ring substituents is 1. The predicted octanol–water partition coefficient (Wildman–Crippen LogP) is 4.90. The Morgan fingerprint density at radius 2 is 1.94 bits per heavy atom. The highest BCUT2D eigenvalue weighted by molar-refractivity contribution is 5.76. The summed E-state index contributed by atoms with van der Waals surface area (Å²) in [6, 6.07) is 11.1. The van der Waals surface area contributed by atoms with Crippen LogP contribution >= 0.6 is 0 Å². The number of benzene rings is 1. The van der Waals surface area contributed by atoms with Gasteiger partial charge in [-0.3, -0.25) is 19.9 Å². The third-order valence-corrected chi connectivity index (χ3v) is 7.20. The fourth-order valence-electron chi connectivity index (χ4n) is 5.47. The summed E-state index contributed by atoms with van der Waals surface area (Å²) in [6.07, 6.45) is 13.0. The van der Waals surface area contributed by atoms with E-state index >= 15 is 0 Å². The quantitative estimate of drug-likeness (QED) is 0.456. The predicted molar refractivity (Wildman–Crippen MR) is 129 cm³/mol. The van der Waals surface area contributed by atoms with Crippen LogP contribution in [0.1, 0.15) is 56.9 Å². The number of nitrogens with one attached hydrogen (secondary N) is 1. The summed E-state index contributed by atoms with van der Waals surface area (Å²) in [6.45, 7) is 1.98. The molecule has 0 radical (unpaired) electrons. The Hall–Kier alpha value is -2.96. The van der Waals surface area contributed by atoms with E-state index in [9.17, 15) is 14.9 Å². The van der Waals surface area contributed by atoms with Crippen LogP contribution in [0.5, 0.6) is 0 Å². The number of piperidine rings is 1. The van der Waals surface area contributed by atoms with Crippen LogP contribution in [0.2, 0.25) is 0 Å². The number of amides is 1. The number of nitrogens with zero attached hydrogens (tertiary/aromatic N) is 3. The van der Waals surface area contributed by atoms with Crippen LogP contribution in [0.3, 0.4) is 0 Å². The van der Waals surface area contributed by atoms with Gasteiger partial charge in [0.1, 0.15) is 0 Å². The lowest BCUT2D eigenvalue weighted by Crippen LogP contribution is -2.44. The van der Waals surface area contributed by atoms with Gasteiger partial charge >= 0.3 is 0 Å². The molecule has 2 aliphatic rings. The second kappa shape index (κ2) is 11.3. The number of rotatable bonds is 8. The zero-order valence-corrected chi connectivity index (χ0v) is 19.2. The van der Waals surface area contributed by atoms with Crippen molar-refractivity contribution in [2.45, 2.75) is 63.8 Å². The lowest BCUT2D eigenvalue weighted by molar-refractivity contribution is -0.384. The third kappa shape index (κ3) is 6.53. The molecule has 2 fully saturated rings. The number of nitro groups is 1. The molecule has 0 spiro atoms. The molecule has 1 aliphatic heterocycles. The van der Waals surface area contributed by atoms with Crippen molar-refractivity contribution in [1.29, 1.82) is 0 Å². The maximum atomic E-state index is 12.6. The van der Waals surface area contributed by atoms with Gasteiger partial charge in [-0.1, -0.05) is 18.9 Å². The molecule has 1 unspecified atom stereocenters. The minimum Gasteiger partial charge on any atom is -0.371 e. The minimum absolute atomic E-state index is 0.136. The van der Waals surface area contributed by atoms with Crippen LogP contribution < -0.4 is 10.2 Å². The largest absolute Gasteiger partial charge is 0.371 e. The van der Waals surface area contributed by atoms with Crippen molar-refractivity contribution in [3.63, 3.8) is 0 Å². The molecule has 2 aromatic rings. The van der Waals surface area contributed by atoms with Gasteiger partial charge < -0.3 is 10.2 Å². The maximum absolute atomic E-state index is 12.6. The average molecular weight is 451 g/mol. The van der Waals surface area contributed by atoms with Gasteiger partial charge in [0.2, 0.25) is 5.91 Å². The molecule has 3 atom stereocenters. The molecule has 1 saturated heterocycles. The van der Waals surface area contributed by atoms with E-state index in [0.29, 0.717) is 18.3 Å². The minimum atomic E-state index is -0.350. The summed E-state index contributed by atoms with van der Waals surface area (Å²) in [4.78, 5) is 29.7. The number of hydrogen-bond acceptors (Lipinski definition) is 5. The zero-order valence-electron chi connectivity index (χ0n) is 19.2. The Morgan fingerprint density at radius 1 is 1.12 bits per heavy atom. The molecule has 176 valence electrons. The molecule has 2 heterocycles. The topological polar surface area (TPSA) is 88.4 Å². The van der Waals surface area contributed by atoms with Gasteiger partial charge in [-0.15, -0.1) is 0 Å². The lowest BCUT2D eigenvalue weighted by Gasteiger charge is -2.39. The van der Waals surface area contributed by atoms with Crippen molar-refractivity contribution in [2.75, 3.05) is 18.0 Å². The Balaban J connectivity index is 1.30. The van der Waals surface area contributed by atoms with Crippen LogP contribution in [-0.2, 0) is 11.2 Å². The molecule has 4 rings (SSSR count). The maximum Gasteiger partial charge on any atom is 0.269 e. The molecule has 1 aromatic carbocycles. The van der Waals surface area contributed by atoms with Gasteiger partial charge in [0.05, 0.1) is 4.92 Å². The van der Waals surface area contributed by atoms with E-state index in [1.165, 1.54) is 25.7 Å². The molecular formula is C26H34N4O3. The molecular weight excluding hydrogens is 416 g/mol. The number of anilines is 1. The van der Waals surface area contributed by atoms with Crippen molar-refractivity contribution in [2.24, 2.45) is 11.8 Å². The number of hydrogen-bond donors (Lipinski definition) is 1. The zero-order chi connectivity index (χ0) is 23.0. The first-order valence-corrected chi connectivity index (χ1v) is 12.3. The number of aromatic nitrogens is 1. The normalized spacial score (nSPS) is 23.2. The molecule has 1 amide bonds. The summed E-state index contributed by atoms with van der Waals surface area (Å²) < 4.78 is 0. The Morgan fingerprint density at radius 3 is 2.70 bits per heavy atom. The standard InChI is InChI=1S/C26H34N4O3/c31-26(14-9-20-5-3-15-27-18-20)28-25-8-2-1-7-22(25)17-21-6-4-16-29(19-21)23-10-12-24(13-11-23)30(32)33/h3,5,10-13,15,18,21-22,25H,1-2,4,6-9,14,16-17,19H2,(H,28,31)/t21?,22-,25+/m0/s1. The third-order valence-electron chi connectivity index (χ3n) is 7.20. The van der Waals surface area contributed by atoms with Gasteiger partial charge in [0.25, 0.3) is 5.69 Å². The van der Waals surface area contributed by atoms with Crippen molar-refractivity contribution >= 4 is 17.3 Å². The van der Waals surface area contributed by atoms with Crippen molar-refractivity contribution < 1.29 is 9.72 Å². The van der Waals surface area contributed by atoms with Crippen molar-refractivity contribution in [3.8, 4) is 0 Å². The molecule has 33 heavy (non-hydrogen) atoms. The van der Waals surface area contributed by atoms with E-state index in [1.807, 2.05) is 30.5 Å². The summed E-state index contributed by atoms with van der Waals surface area (Å²) in [5.74, 6) is 1.27. The van der Waals surface area contributed by atoms with Gasteiger partial charge in [-0.05, 0) is 74.1 Å². The van der Waals surface area contributed by atoms with Crippen molar-refractivity contribution in [1.82, 2.24) is 10.3 Å². The molecule has 1 saturated carbocycles. The second-order valence-electron chi connectivity index (χ2n) is 9.54. The number of pyridine rings is 1. The first kappa shape index (κ1) is 23.2. The fourth-order valence-corrected chi connectivity index (χ4v) is 5.47. The van der Waals surface area contributed by atoms with Crippen LogP contribution in [-0.4, -0.2) is 34.9 Å². The van der Waals surface area contributed by atoms with Gasteiger partial charge in [0, 0.05) is 55.8 Å². The smallest absolute Gasteiger partial charge is 0.269 e. The highest BCUT2D eigenvalue weighted by Crippen LogP contribution is 2.34. The number of carbonyl (C=O) groups excluding carboxylic acids is 1.